The summed E-state index contributed by atoms with van der Waals surface area (Å²) in [6, 6.07) is 11.1. The number of anilines is 3. The highest BCUT2D eigenvalue weighted by Crippen LogP contribution is 2.46. The van der Waals surface area contributed by atoms with Crippen molar-refractivity contribution in [3.8, 4) is 0 Å². The van der Waals surface area contributed by atoms with Crippen molar-refractivity contribution in [1.29, 1.82) is 0 Å². The highest BCUT2D eigenvalue weighted by molar-refractivity contribution is 7.99. The van der Waals surface area contributed by atoms with Crippen LogP contribution in [-0.4, -0.2) is 57.0 Å². The summed E-state index contributed by atoms with van der Waals surface area (Å²) in [6.07, 6.45) is 4.61. The van der Waals surface area contributed by atoms with Gasteiger partial charge < -0.3 is 20.1 Å². The number of β-amino-alcohol motifs (C(OH)–C–C–N with tert-alkyl or cyclic N) is 1. The third kappa shape index (κ3) is 4.99. The molecule has 10 heteroatoms. The number of aromatic nitrogens is 4. The number of ether oxygens (including phenoxy) is 1. The Morgan fingerprint density at radius 2 is 1.91 bits per heavy atom. The predicted octanol–water partition coefficient (Wildman–Crippen LogP) is 5.09. The van der Waals surface area contributed by atoms with Gasteiger partial charge in [-0.25, -0.2) is 14.8 Å². The molecular formula is C25H36N6O3S. The number of hydrogen-bond donors (Lipinski definition) is 3. The summed E-state index contributed by atoms with van der Waals surface area (Å²) in [7, 11) is 1.37. The highest BCUT2D eigenvalue weighted by atomic mass is 32.2. The minimum absolute atomic E-state index is 0. The smallest absolute Gasteiger partial charge is 0.337 e. The average molecular weight is 501 g/mol. The topological polar surface area (TPSA) is 116 Å². The second kappa shape index (κ2) is 9.16. The van der Waals surface area contributed by atoms with Crippen molar-refractivity contribution in [2.75, 3.05) is 30.4 Å². The molecule has 3 heterocycles. The zero-order valence-corrected chi connectivity index (χ0v) is 19.6. The first-order chi connectivity index (χ1) is 16.5. The van der Waals surface area contributed by atoms with E-state index in [1.165, 1.54) is 31.7 Å². The lowest BCUT2D eigenvalue weighted by atomic mass is 9.89. The molecule has 2 saturated carbocycles. The van der Waals surface area contributed by atoms with Crippen LogP contribution in [0.15, 0.2) is 46.5 Å². The Morgan fingerprint density at radius 3 is 2.57 bits per heavy atom. The quantitative estimate of drug-likeness (QED) is 0.287. The molecule has 3 aliphatic rings. The fourth-order valence-corrected chi connectivity index (χ4v) is 5.12. The molecule has 1 aromatic carbocycles. The second-order valence-electron chi connectivity index (χ2n) is 9.35. The maximum absolute atomic E-state index is 11.7. The number of aromatic amines is 1. The van der Waals surface area contributed by atoms with Gasteiger partial charge in [-0.3, -0.25) is 5.10 Å². The number of aliphatic hydroxyl groups is 1. The van der Waals surface area contributed by atoms with Crippen LogP contribution >= 0.6 is 11.8 Å². The monoisotopic (exact) mass is 500 g/mol. The summed E-state index contributed by atoms with van der Waals surface area (Å²) in [5.41, 5.74) is 1.04. The van der Waals surface area contributed by atoms with Gasteiger partial charge in [-0.05, 0) is 67.6 Å². The highest BCUT2D eigenvalue weighted by Gasteiger charge is 2.52. The number of nitrogens with zero attached hydrogens (tertiary/aromatic N) is 4. The summed E-state index contributed by atoms with van der Waals surface area (Å²) >= 11 is 1.41. The van der Waals surface area contributed by atoms with Crippen molar-refractivity contribution in [2.24, 2.45) is 5.92 Å². The molecule has 0 atom stereocenters. The number of rotatable bonds is 8. The molecule has 190 valence electrons. The van der Waals surface area contributed by atoms with Gasteiger partial charge in [0.2, 0.25) is 0 Å². The van der Waals surface area contributed by atoms with Gasteiger partial charge in [0.25, 0.3) is 0 Å². The van der Waals surface area contributed by atoms with Crippen LogP contribution in [-0.2, 0) is 4.74 Å². The van der Waals surface area contributed by atoms with Crippen LogP contribution in [0, 0.1) is 5.92 Å². The molecule has 35 heavy (non-hydrogen) atoms. The molecule has 0 radical (unpaired) electrons. The van der Waals surface area contributed by atoms with Crippen molar-refractivity contribution < 1.29 is 18.9 Å². The van der Waals surface area contributed by atoms with Crippen molar-refractivity contribution in [3.63, 3.8) is 0 Å². The first-order valence-electron chi connectivity index (χ1n) is 11.5. The van der Waals surface area contributed by atoms with E-state index in [9.17, 15) is 9.90 Å². The lowest BCUT2D eigenvalue weighted by Gasteiger charge is -2.47. The van der Waals surface area contributed by atoms with Gasteiger partial charge >= 0.3 is 5.97 Å². The maximum atomic E-state index is 11.7. The van der Waals surface area contributed by atoms with E-state index in [1.54, 1.807) is 12.1 Å². The molecule has 0 spiro atoms. The van der Waals surface area contributed by atoms with Crippen molar-refractivity contribution in [2.45, 2.75) is 54.7 Å². The van der Waals surface area contributed by atoms with Gasteiger partial charge in [0.05, 0.1) is 25.8 Å². The number of benzene rings is 1. The maximum Gasteiger partial charge on any atom is 0.337 e. The first-order valence-corrected chi connectivity index (χ1v) is 12.4. The van der Waals surface area contributed by atoms with Gasteiger partial charge in [0.1, 0.15) is 17.2 Å². The molecule has 6 rings (SSSR count). The standard InChI is InChI=1S/C24H26N6O3S.CH4.3H2/c1-33-22(31)15-4-8-17(9-5-15)34-23-26-19(25-20-10-18(28-29-20)14-2-3-14)11-21(27-23)30-12-24(32,13-30)16-6-7-16;;;;/h4-5,8-11,14,16,32H,2-3,6-7,12-13H2,1H3,(H2,25,26,27,28,29);1H4;3*1H. The molecule has 2 aliphatic carbocycles. The number of carbonyl (C=O) groups is 1. The van der Waals surface area contributed by atoms with E-state index in [1.807, 2.05) is 24.3 Å². The Labute approximate surface area is 213 Å². The number of esters is 1. The molecule has 2 aromatic heterocycles. The van der Waals surface area contributed by atoms with Crippen LogP contribution in [0.4, 0.5) is 17.5 Å². The molecule has 0 unspecified atom stereocenters. The zero-order valence-electron chi connectivity index (χ0n) is 18.8. The van der Waals surface area contributed by atoms with Gasteiger partial charge in [-0.1, -0.05) is 7.43 Å². The minimum atomic E-state index is -0.600. The van der Waals surface area contributed by atoms with E-state index in [2.05, 4.69) is 20.4 Å². The Kier molecular flexibility index (Phi) is 6.18. The average Bonchev–Trinajstić information content (AvgIpc) is 3.75. The summed E-state index contributed by atoms with van der Waals surface area (Å²) in [6.45, 7) is 1.17. The van der Waals surface area contributed by atoms with Crippen LogP contribution in [0.25, 0.3) is 0 Å². The molecule has 0 amide bonds. The van der Waals surface area contributed by atoms with Gasteiger partial charge in [0, 0.05) is 32.9 Å². The summed E-state index contributed by atoms with van der Waals surface area (Å²) in [4.78, 5) is 24.2. The van der Waals surface area contributed by atoms with E-state index in [0.29, 0.717) is 41.5 Å². The number of nitrogens with one attached hydrogen (secondary N) is 2. The fraction of sp³-hybridized carbons (Fsp3) is 0.440. The van der Waals surface area contributed by atoms with Gasteiger partial charge in [0.15, 0.2) is 11.0 Å². The van der Waals surface area contributed by atoms with Crippen molar-refractivity contribution in [1.82, 2.24) is 20.2 Å². The van der Waals surface area contributed by atoms with E-state index in [4.69, 9.17) is 14.7 Å². The summed E-state index contributed by atoms with van der Waals surface area (Å²) < 4.78 is 4.77. The normalized spacial score (nSPS) is 18.4. The lowest BCUT2D eigenvalue weighted by molar-refractivity contribution is -0.00981. The van der Waals surface area contributed by atoms with Crippen LogP contribution in [0.1, 0.15) is 59.4 Å². The molecule has 1 aliphatic heterocycles. The lowest BCUT2D eigenvalue weighted by Crippen LogP contribution is -2.63. The minimum Gasteiger partial charge on any atom is -0.465 e. The third-order valence-corrected chi connectivity index (χ3v) is 7.51. The van der Waals surface area contributed by atoms with E-state index in [0.717, 1.165) is 35.1 Å². The predicted molar refractivity (Wildman–Crippen MR) is 141 cm³/mol. The Hall–Kier alpha value is -3.11. The molecule has 3 aromatic rings. The Morgan fingerprint density at radius 1 is 1.17 bits per heavy atom. The summed E-state index contributed by atoms with van der Waals surface area (Å²) in [5, 5.41) is 22.2. The second-order valence-corrected chi connectivity index (χ2v) is 10.4. The number of carbonyl (C=O) groups excluding carboxylic acids is 1. The largest absolute Gasteiger partial charge is 0.465 e. The molecule has 3 fully saturated rings. The van der Waals surface area contributed by atoms with Crippen molar-refractivity contribution in [3.05, 3.63) is 47.7 Å². The molecule has 1 saturated heterocycles. The fourth-order valence-electron chi connectivity index (χ4n) is 4.36. The molecule has 9 nitrogen and oxygen atoms in total. The van der Waals surface area contributed by atoms with Gasteiger partial charge in [-0.2, -0.15) is 5.10 Å². The van der Waals surface area contributed by atoms with Crippen molar-refractivity contribution >= 4 is 35.2 Å². The van der Waals surface area contributed by atoms with E-state index >= 15 is 0 Å². The Bertz CT molecular complexity index is 1230. The van der Waals surface area contributed by atoms with Crippen LogP contribution < -0.4 is 10.2 Å². The zero-order chi connectivity index (χ0) is 23.3. The number of hydrogen-bond acceptors (Lipinski definition) is 9. The van der Waals surface area contributed by atoms with E-state index < -0.39 is 5.60 Å². The Balaban J connectivity index is 0.00000127. The molecule has 0 bridgehead atoms. The molecular weight excluding hydrogens is 464 g/mol. The van der Waals surface area contributed by atoms with Crippen LogP contribution in [0.5, 0.6) is 0 Å². The van der Waals surface area contributed by atoms with Crippen LogP contribution in [0.3, 0.4) is 0 Å². The van der Waals surface area contributed by atoms with Crippen LogP contribution in [0.2, 0.25) is 0 Å². The number of methoxy groups -OCH3 is 1. The first kappa shape index (κ1) is 23.6. The van der Waals surface area contributed by atoms with E-state index in [-0.39, 0.29) is 17.7 Å². The molecule has 3 N–H and O–H groups in total. The third-order valence-electron chi connectivity index (χ3n) is 6.64. The summed E-state index contributed by atoms with van der Waals surface area (Å²) in [5.74, 6) is 2.78. The SMILES string of the molecule is C.COC(=O)c1ccc(Sc2nc(Nc3cc(C4CC4)[nH]n3)cc(N3CC(O)(C4CC4)C3)n2)cc1.[HH].[HH].[HH]. The number of H-pyrrole nitrogens is 1. The van der Waals surface area contributed by atoms with Gasteiger partial charge in [-0.15, -0.1) is 0 Å².